The van der Waals surface area contributed by atoms with E-state index in [0.717, 1.165) is 0 Å². The summed E-state index contributed by atoms with van der Waals surface area (Å²) in [5.74, 6) is -3.93. The highest BCUT2D eigenvalue weighted by atomic mass is 16.4. The number of aliphatic carboxylic acids is 1. The Bertz CT molecular complexity index is 602. The van der Waals surface area contributed by atoms with E-state index in [1.807, 2.05) is 5.32 Å². The topological polar surface area (TPSA) is 165 Å². The number of carbonyl (C=O) groups is 3. The molecule has 0 bridgehead atoms. The number of amides is 2. The van der Waals surface area contributed by atoms with E-state index >= 15 is 0 Å². The van der Waals surface area contributed by atoms with Gasteiger partial charge in [-0.2, -0.15) is 9.98 Å². The summed E-state index contributed by atoms with van der Waals surface area (Å²) in [6, 6.07) is 0. The predicted molar refractivity (Wildman–Crippen MR) is 61.4 cm³/mol. The van der Waals surface area contributed by atoms with Gasteiger partial charge in [0.15, 0.2) is 17.7 Å². The molecule has 0 fully saturated rings. The Hall–Kier alpha value is -2.75. The van der Waals surface area contributed by atoms with Gasteiger partial charge in [0.1, 0.15) is 5.71 Å². The van der Waals surface area contributed by atoms with E-state index in [4.69, 9.17) is 15.6 Å². The van der Waals surface area contributed by atoms with Gasteiger partial charge >= 0.3 is 5.97 Å². The molecule has 2 aliphatic heterocycles. The van der Waals surface area contributed by atoms with Crippen LogP contribution in [0.1, 0.15) is 6.42 Å². The molecule has 1 atom stereocenters. The number of fused-ring (bicyclic) bond motifs is 1. The van der Waals surface area contributed by atoms with Crippen molar-refractivity contribution < 1.29 is 24.6 Å². The van der Waals surface area contributed by atoms with E-state index in [0.29, 0.717) is 0 Å². The maximum Gasteiger partial charge on any atom is 0.332 e. The van der Waals surface area contributed by atoms with Gasteiger partial charge in [0.25, 0.3) is 11.8 Å². The van der Waals surface area contributed by atoms with E-state index in [-0.39, 0.29) is 17.3 Å². The van der Waals surface area contributed by atoms with Gasteiger partial charge in [-0.15, -0.1) is 0 Å². The number of carbonyl (C=O) groups excluding carboxylic acids is 2. The van der Waals surface area contributed by atoms with Crippen molar-refractivity contribution in [2.24, 2.45) is 15.0 Å². The molecule has 2 aliphatic rings. The third-order valence-corrected chi connectivity index (χ3v) is 2.25. The van der Waals surface area contributed by atoms with Gasteiger partial charge in [0.05, 0.1) is 0 Å². The zero-order chi connectivity index (χ0) is 14.2. The van der Waals surface area contributed by atoms with Crippen LogP contribution in [0.5, 0.6) is 0 Å². The van der Waals surface area contributed by atoms with Crippen molar-refractivity contribution in [2.45, 2.75) is 12.5 Å². The van der Waals surface area contributed by atoms with E-state index in [9.17, 15) is 14.4 Å². The second kappa shape index (κ2) is 4.49. The zero-order valence-electron chi connectivity index (χ0n) is 9.25. The van der Waals surface area contributed by atoms with E-state index < -0.39 is 36.3 Å². The summed E-state index contributed by atoms with van der Waals surface area (Å²) >= 11 is 0. The van der Waals surface area contributed by atoms with Crippen molar-refractivity contribution in [2.75, 3.05) is 0 Å². The van der Waals surface area contributed by atoms with Crippen LogP contribution >= 0.6 is 0 Å². The number of guanidine groups is 1. The van der Waals surface area contributed by atoms with E-state index in [2.05, 4.69) is 15.0 Å². The Kier molecular flexibility index (Phi) is 3.00. The van der Waals surface area contributed by atoms with Crippen molar-refractivity contribution in [3.05, 3.63) is 0 Å². The van der Waals surface area contributed by atoms with Crippen LogP contribution in [0, 0.1) is 5.41 Å². The lowest BCUT2D eigenvalue weighted by Gasteiger charge is -2.17. The summed E-state index contributed by atoms with van der Waals surface area (Å²) in [7, 11) is 0. The minimum Gasteiger partial charge on any atom is -0.479 e. The number of carboxylic acids is 1. The molecule has 0 radical (unpaired) electrons. The predicted octanol–water partition coefficient (Wildman–Crippen LogP) is -2.29. The lowest BCUT2D eigenvalue weighted by atomic mass is 10.1. The van der Waals surface area contributed by atoms with Crippen molar-refractivity contribution in [3.8, 4) is 0 Å². The number of hydrogen-bond donors (Lipinski definition) is 4. The average molecular weight is 265 g/mol. The van der Waals surface area contributed by atoms with E-state index in [1.54, 1.807) is 0 Å². The Morgan fingerprint density at radius 1 is 1.32 bits per heavy atom. The Morgan fingerprint density at radius 3 is 2.63 bits per heavy atom. The molecule has 0 aliphatic carbocycles. The number of aliphatic hydroxyl groups excluding tert-OH is 1. The normalized spacial score (nSPS) is 19.8. The van der Waals surface area contributed by atoms with Gasteiger partial charge in [-0.1, -0.05) is 0 Å². The SMILES string of the molecule is N=C1N=C2N=C(CC(O)C(=O)O)C(=O)N=C2C(=O)N1. The van der Waals surface area contributed by atoms with Crippen LogP contribution in [-0.4, -0.2) is 57.3 Å². The number of nitrogens with one attached hydrogen (secondary N) is 2. The molecule has 2 heterocycles. The molecular formula is C9H7N5O5. The Balaban J connectivity index is 2.32. The highest BCUT2D eigenvalue weighted by molar-refractivity contribution is 6.73. The molecule has 0 saturated carbocycles. The summed E-state index contributed by atoms with van der Waals surface area (Å²) < 4.78 is 0. The maximum atomic E-state index is 11.5. The first-order chi connectivity index (χ1) is 8.88. The molecule has 2 rings (SSSR count). The highest BCUT2D eigenvalue weighted by Crippen LogP contribution is 2.08. The van der Waals surface area contributed by atoms with Gasteiger partial charge in [0, 0.05) is 6.42 Å². The third-order valence-electron chi connectivity index (χ3n) is 2.25. The minimum absolute atomic E-state index is 0.249. The largest absolute Gasteiger partial charge is 0.479 e. The fraction of sp³-hybridized carbons (Fsp3) is 0.222. The smallest absolute Gasteiger partial charge is 0.332 e. The second-order valence-corrected chi connectivity index (χ2v) is 3.62. The van der Waals surface area contributed by atoms with Crippen LogP contribution in [-0.2, 0) is 14.4 Å². The number of hydrogen-bond acceptors (Lipinski definition) is 6. The van der Waals surface area contributed by atoms with Gasteiger partial charge < -0.3 is 10.2 Å². The van der Waals surface area contributed by atoms with Crippen molar-refractivity contribution >= 4 is 41.0 Å². The van der Waals surface area contributed by atoms with Crippen LogP contribution in [0.15, 0.2) is 15.0 Å². The quantitative estimate of drug-likeness (QED) is 0.450. The Morgan fingerprint density at radius 2 is 2.00 bits per heavy atom. The maximum absolute atomic E-state index is 11.5. The molecule has 1 unspecified atom stereocenters. The number of aliphatic hydroxyl groups is 1. The van der Waals surface area contributed by atoms with E-state index in [1.165, 1.54) is 0 Å². The first kappa shape index (κ1) is 12.7. The van der Waals surface area contributed by atoms with Crippen LogP contribution < -0.4 is 5.32 Å². The fourth-order valence-electron chi connectivity index (χ4n) is 1.38. The average Bonchev–Trinajstić information content (AvgIpc) is 2.31. The summed E-state index contributed by atoms with van der Waals surface area (Å²) in [6.45, 7) is 0. The fourth-order valence-corrected chi connectivity index (χ4v) is 1.38. The first-order valence-corrected chi connectivity index (χ1v) is 4.99. The number of rotatable bonds is 3. The number of aliphatic imine (C=N–C) groups is 3. The minimum atomic E-state index is -1.81. The molecule has 0 aromatic heterocycles. The lowest BCUT2D eigenvalue weighted by molar-refractivity contribution is -0.146. The van der Waals surface area contributed by atoms with Crippen molar-refractivity contribution in [3.63, 3.8) is 0 Å². The van der Waals surface area contributed by atoms with Gasteiger partial charge in [0.2, 0.25) is 5.96 Å². The van der Waals surface area contributed by atoms with Gasteiger partial charge in [-0.25, -0.2) is 9.79 Å². The zero-order valence-corrected chi connectivity index (χ0v) is 9.25. The summed E-state index contributed by atoms with van der Waals surface area (Å²) in [5.41, 5.74) is -0.672. The van der Waals surface area contributed by atoms with Crippen LogP contribution in [0.4, 0.5) is 0 Å². The molecule has 19 heavy (non-hydrogen) atoms. The number of nitrogens with zero attached hydrogens (tertiary/aromatic N) is 3. The van der Waals surface area contributed by atoms with Crippen LogP contribution in [0.25, 0.3) is 0 Å². The molecule has 0 aromatic carbocycles. The monoisotopic (exact) mass is 265 g/mol. The summed E-state index contributed by atoms with van der Waals surface area (Å²) in [6.07, 6.45) is -2.37. The van der Waals surface area contributed by atoms with Crippen molar-refractivity contribution in [1.29, 1.82) is 5.41 Å². The Labute approximate surface area is 105 Å². The standard InChI is InChI=1S/C9H7N5O5/c10-9-13-5-4(7(17)14-9)12-6(16)2(11-5)1-3(15)8(18)19/h3,15H,1H2,(H,18,19)(H2,10,14,17). The molecule has 98 valence electrons. The first-order valence-electron chi connectivity index (χ1n) is 4.99. The highest BCUT2D eigenvalue weighted by Gasteiger charge is 2.32. The number of carboxylic acid groups (broad SMARTS) is 1. The lowest BCUT2D eigenvalue weighted by Crippen LogP contribution is -2.46. The van der Waals surface area contributed by atoms with Gasteiger partial charge in [-0.3, -0.25) is 20.3 Å². The molecule has 0 spiro atoms. The summed E-state index contributed by atoms with van der Waals surface area (Å²) in [4.78, 5) is 44.0. The van der Waals surface area contributed by atoms with Crippen LogP contribution in [0.3, 0.4) is 0 Å². The molecule has 0 saturated heterocycles. The molecule has 4 N–H and O–H groups in total. The third kappa shape index (κ3) is 2.42. The molecule has 0 aromatic rings. The summed E-state index contributed by atoms with van der Waals surface area (Å²) in [5, 5.41) is 26.9. The second-order valence-electron chi connectivity index (χ2n) is 3.62. The molecule has 10 nitrogen and oxygen atoms in total. The van der Waals surface area contributed by atoms with Gasteiger partial charge in [-0.05, 0) is 0 Å². The molecular weight excluding hydrogens is 258 g/mol. The molecule has 2 amide bonds. The van der Waals surface area contributed by atoms with Crippen LogP contribution in [0.2, 0.25) is 0 Å². The number of amidine groups is 1. The molecule has 10 heteroatoms. The van der Waals surface area contributed by atoms with Crippen molar-refractivity contribution in [1.82, 2.24) is 5.32 Å².